The molecule has 0 fully saturated rings. The number of halogens is 2. The highest BCUT2D eigenvalue weighted by molar-refractivity contribution is 7.99. The van der Waals surface area contributed by atoms with Gasteiger partial charge in [0.25, 0.3) is 0 Å². The summed E-state index contributed by atoms with van der Waals surface area (Å²) < 4.78 is 12.5. The minimum atomic E-state index is -0.221. The van der Waals surface area contributed by atoms with Crippen LogP contribution in [0.1, 0.15) is 0 Å². The fraction of sp³-hybridized carbons (Fsp3) is 0.167. The molecule has 0 saturated heterocycles. The molecule has 2 heterocycles. The molecule has 10 heteroatoms. The van der Waals surface area contributed by atoms with E-state index in [1.165, 1.54) is 11.8 Å². The Hall–Kier alpha value is -2.42. The molecular weight excluding hydrogens is 423 g/mol. The molecular formula is C18H14Cl2N4O3S. The number of nitrogens with zero attached hydrogens (tertiary/aromatic N) is 3. The van der Waals surface area contributed by atoms with Crippen molar-refractivity contribution in [1.82, 2.24) is 14.8 Å². The number of ether oxygens (including phenoxy) is 2. The third-order valence-corrected chi connectivity index (χ3v) is 5.86. The Morgan fingerprint density at radius 1 is 1.21 bits per heavy atom. The smallest absolute Gasteiger partial charge is 0.234 e. The number of rotatable bonds is 5. The second kappa shape index (κ2) is 7.90. The average Bonchev–Trinajstić information content (AvgIpc) is 3.29. The molecule has 1 N–H and O–H groups in total. The summed E-state index contributed by atoms with van der Waals surface area (Å²) in [5, 5.41) is 12.4. The van der Waals surface area contributed by atoms with Crippen molar-refractivity contribution in [2.45, 2.75) is 5.16 Å². The van der Waals surface area contributed by atoms with Gasteiger partial charge in [0.1, 0.15) is 0 Å². The number of nitrogens with one attached hydrogen (secondary N) is 1. The summed E-state index contributed by atoms with van der Waals surface area (Å²) >= 11 is 13.3. The lowest BCUT2D eigenvalue weighted by Crippen LogP contribution is -2.14. The van der Waals surface area contributed by atoms with Crippen molar-refractivity contribution in [2.75, 3.05) is 17.9 Å². The van der Waals surface area contributed by atoms with Crippen molar-refractivity contribution in [3.8, 4) is 22.9 Å². The van der Waals surface area contributed by atoms with Crippen LogP contribution in [0.15, 0.2) is 41.6 Å². The highest BCUT2D eigenvalue weighted by Gasteiger charge is 2.18. The predicted molar refractivity (Wildman–Crippen MR) is 108 cm³/mol. The number of carbonyl (C=O) groups is 1. The van der Waals surface area contributed by atoms with Crippen LogP contribution in [0, 0.1) is 0 Å². The van der Waals surface area contributed by atoms with Gasteiger partial charge in [0.15, 0.2) is 22.5 Å². The summed E-state index contributed by atoms with van der Waals surface area (Å²) in [6, 6.07) is 10.6. The van der Waals surface area contributed by atoms with Gasteiger partial charge in [-0.15, -0.1) is 10.2 Å². The van der Waals surface area contributed by atoms with Crippen molar-refractivity contribution < 1.29 is 14.3 Å². The van der Waals surface area contributed by atoms with E-state index in [0.29, 0.717) is 38.2 Å². The maximum Gasteiger partial charge on any atom is 0.234 e. The number of fused-ring (bicyclic) bond motifs is 1. The van der Waals surface area contributed by atoms with E-state index in [1.807, 2.05) is 29.8 Å². The van der Waals surface area contributed by atoms with Gasteiger partial charge in [-0.25, -0.2) is 0 Å². The third kappa shape index (κ3) is 3.76. The zero-order chi connectivity index (χ0) is 19.7. The zero-order valence-electron chi connectivity index (χ0n) is 14.6. The highest BCUT2D eigenvalue weighted by Crippen LogP contribution is 2.36. The number of amides is 1. The molecule has 1 aliphatic rings. The summed E-state index contributed by atoms with van der Waals surface area (Å²) in [4.78, 5) is 12.2. The van der Waals surface area contributed by atoms with E-state index < -0.39 is 0 Å². The molecule has 1 aromatic heterocycles. The van der Waals surface area contributed by atoms with Crippen LogP contribution in [0.4, 0.5) is 5.69 Å². The lowest BCUT2D eigenvalue weighted by molar-refractivity contribution is -0.113. The molecule has 0 aliphatic carbocycles. The zero-order valence-corrected chi connectivity index (χ0v) is 16.9. The van der Waals surface area contributed by atoms with Gasteiger partial charge in [0, 0.05) is 12.6 Å². The molecule has 2 aromatic carbocycles. The topological polar surface area (TPSA) is 78.3 Å². The Morgan fingerprint density at radius 3 is 2.89 bits per heavy atom. The quantitative estimate of drug-likeness (QED) is 0.602. The first-order chi connectivity index (χ1) is 13.5. The second-order valence-electron chi connectivity index (χ2n) is 5.87. The molecule has 1 aliphatic heterocycles. The third-order valence-electron chi connectivity index (χ3n) is 4.02. The van der Waals surface area contributed by atoms with E-state index in [1.54, 1.807) is 18.2 Å². The van der Waals surface area contributed by atoms with Gasteiger partial charge in [-0.3, -0.25) is 4.79 Å². The second-order valence-corrected chi connectivity index (χ2v) is 7.60. The average molecular weight is 437 g/mol. The fourth-order valence-electron chi connectivity index (χ4n) is 2.64. The molecule has 0 radical (unpaired) electrons. The number of hydrogen-bond acceptors (Lipinski definition) is 6. The molecule has 3 aromatic rings. The monoisotopic (exact) mass is 436 g/mol. The van der Waals surface area contributed by atoms with Crippen LogP contribution >= 0.6 is 35.0 Å². The van der Waals surface area contributed by atoms with Crippen LogP contribution in [0.5, 0.6) is 11.5 Å². The van der Waals surface area contributed by atoms with Crippen molar-refractivity contribution >= 4 is 46.6 Å². The summed E-state index contributed by atoms with van der Waals surface area (Å²) in [6.45, 7) is 0.213. The fourth-order valence-corrected chi connectivity index (χ4v) is 3.70. The van der Waals surface area contributed by atoms with Gasteiger partial charge in [-0.05, 0) is 30.3 Å². The molecule has 7 nitrogen and oxygen atoms in total. The van der Waals surface area contributed by atoms with E-state index in [4.69, 9.17) is 32.7 Å². The van der Waals surface area contributed by atoms with Crippen molar-refractivity contribution in [1.29, 1.82) is 0 Å². The van der Waals surface area contributed by atoms with Crippen LogP contribution in [-0.2, 0) is 11.8 Å². The Labute approximate surface area is 174 Å². The van der Waals surface area contributed by atoms with Gasteiger partial charge in [-0.2, -0.15) is 0 Å². The number of carbonyl (C=O) groups excluding carboxylic acids is 1. The molecule has 1 amide bonds. The van der Waals surface area contributed by atoms with Crippen LogP contribution in [-0.4, -0.2) is 33.2 Å². The lowest BCUT2D eigenvalue weighted by Gasteiger charge is -2.08. The van der Waals surface area contributed by atoms with Gasteiger partial charge in [0.05, 0.1) is 21.5 Å². The van der Waals surface area contributed by atoms with Crippen LogP contribution in [0.2, 0.25) is 10.0 Å². The molecule has 28 heavy (non-hydrogen) atoms. The Kier molecular flexibility index (Phi) is 5.34. The summed E-state index contributed by atoms with van der Waals surface area (Å²) in [6.07, 6.45) is 0. The molecule has 0 spiro atoms. The number of aromatic nitrogens is 3. The van der Waals surface area contributed by atoms with Crippen molar-refractivity contribution in [3.63, 3.8) is 0 Å². The number of benzene rings is 2. The molecule has 4 rings (SSSR count). The molecule has 0 unspecified atom stereocenters. The van der Waals surface area contributed by atoms with E-state index >= 15 is 0 Å². The van der Waals surface area contributed by atoms with Gasteiger partial charge >= 0.3 is 0 Å². The molecule has 0 saturated carbocycles. The first-order valence-corrected chi connectivity index (χ1v) is 9.93. The summed E-state index contributed by atoms with van der Waals surface area (Å²) in [5.41, 5.74) is 1.32. The first-order valence-electron chi connectivity index (χ1n) is 8.19. The largest absolute Gasteiger partial charge is 0.454 e. The Balaban J connectivity index is 1.43. The van der Waals surface area contributed by atoms with Crippen LogP contribution in [0.25, 0.3) is 11.4 Å². The van der Waals surface area contributed by atoms with Gasteiger partial charge < -0.3 is 19.4 Å². The Bertz CT molecular complexity index is 1060. The maximum atomic E-state index is 12.2. The molecule has 0 atom stereocenters. The number of hydrogen-bond donors (Lipinski definition) is 1. The highest BCUT2D eigenvalue weighted by atomic mass is 35.5. The lowest BCUT2D eigenvalue weighted by atomic mass is 10.2. The first kappa shape index (κ1) is 18.9. The van der Waals surface area contributed by atoms with Gasteiger partial charge in [-0.1, -0.05) is 41.0 Å². The number of thioether (sulfide) groups is 1. The van der Waals surface area contributed by atoms with Crippen LogP contribution in [0.3, 0.4) is 0 Å². The minimum absolute atomic E-state index is 0.149. The van der Waals surface area contributed by atoms with Crippen molar-refractivity contribution in [3.05, 3.63) is 46.4 Å². The van der Waals surface area contributed by atoms with E-state index in [9.17, 15) is 4.79 Å². The van der Waals surface area contributed by atoms with Crippen LogP contribution < -0.4 is 14.8 Å². The normalized spacial score (nSPS) is 12.2. The standard InChI is InChI=1S/C18H14Cl2N4O3S/c1-24-17(10-5-6-13-14(7-10)27-9-26-13)22-23-18(24)28-8-15(25)21-12-4-2-3-11(19)16(12)20/h2-7H,8-9H2,1H3,(H,21,25). The SMILES string of the molecule is Cn1c(SCC(=O)Nc2cccc(Cl)c2Cl)nnc1-c1ccc2c(c1)OCO2. The summed E-state index contributed by atoms with van der Waals surface area (Å²) in [5.74, 6) is 1.97. The minimum Gasteiger partial charge on any atom is -0.454 e. The molecule has 0 bridgehead atoms. The molecule has 144 valence electrons. The Morgan fingerprint density at radius 2 is 2.04 bits per heavy atom. The van der Waals surface area contributed by atoms with Gasteiger partial charge in [0.2, 0.25) is 12.7 Å². The van der Waals surface area contributed by atoms with Crippen molar-refractivity contribution in [2.24, 2.45) is 7.05 Å². The van der Waals surface area contributed by atoms with E-state index in [-0.39, 0.29) is 18.5 Å². The number of anilines is 1. The predicted octanol–water partition coefficient (Wildman–Crippen LogP) is 4.25. The maximum absolute atomic E-state index is 12.2. The summed E-state index contributed by atoms with van der Waals surface area (Å²) in [7, 11) is 1.84. The van der Waals surface area contributed by atoms with E-state index in [2.05, 4.69) is 15.5 Å². The van der Waals surface area contributed by atoms with E-state index in [0.717, 1.165) is 5.56 Å².